The Morgan fingerprint density at radius 1 is 1.14 bits per heavy atom. The maximum atomic E-state index is 12.8. The molecule has 2 aliphatic rings. The van der Waals surface area contributed by atoms with Crippen LogP contribution in [0.25, 0.3) is 0 Å². The van der Waals surface area contributed by atoms with Crippen LogP contribution in [0.2, 0.25) is 0 Å². The molecule has 3 amide bonds. The van der Waals surface area contributed by atoms with Crippen LogP contribution in [0, 0.1) is 0 Å². The Balaban J connectivity index is 1.58. The molecule has 0 fully saturated rings. The van der Waals surface area contributed by atoms with E-state index in [0.29, 0.717) is 0 Å². The van der Waals surface area contributed by atoms with Gasteiger partial charge in [0.25, 0.3) is 5.91 Å². The minimum Gasteiger partial charge on any atom is -0.395 e. The van der Waals surface area contributed by atoms with Crippen LogP contribution >= 0.6 is 0 Å². The molecule has 0 radical (unpaired) electrons. The fourth-order valence-electron chi connectivity index (χ4n) is 4.03. The number of rotatable bonds is 4. The van der Waals surface area contributed by atoms with E-state index in [-0.39, 0.29) is 23.1 Å². The Labute approximate surface area is 169 Å². The highest BCUT2D eigenvalue weighted by atomic mass is 16.2. The highest BCUT2D eigenvalue weighted by molar-refractivity contribution is 6.00. The third-order valence-corrected chi connectivity index (χ3v) is 5.47. The van der Waals surface area contributed by atoms with Crippen molar-refractivity contribution in [3.63, 3.8) is 0 Å². The number of hydrogen-bond donors (Lipinski definition) is 4. The van der Waals surface area contributed by atoms with Gasteiger partial charge in [-0.1, -0.05) is 55.1 Å². The topological polar surface area (TPSA) is 96.2 Å². The van der Waals surface area contributed by atoms with Crippen molar-refractivity contribution in [3.8, 4) is 0 Å². The summed E-state index contributed by atoms with van der Waals surface area (Å²) >= 11 is 0. The molecule has 5 N–H and O–H groups in total. The Kier molecular flexibility index (Phi) is 5.08. The summed E-state index contributed by atoms with van der Waals surface area (Å²) in [6.45, 7) is 3.68. The predicted octanol–water partition coefficient (Wildman–Crippen LogP) is 2.77. The first-order valence-corrected chi connectivity index (χ1v) is 9.75. The summed E-state index contributed by atoms with van der Waals surface area (Å²) in [5.41, 5.74) is 11.4. The van der Waals surface area contributed by atoms with Crippen LogP contribution in [0.3, 0.4) is 0 Å². The first-order chi connectivity index (χ1) is 14.0. The largest absolute Gasteiger partial charge is 0.395 e. The van der Waals surface area contributed by atoms with Gasteiger partial charge in [0.05, 0.1) is 17.4 Å². The van der Waals surface area contributed by atoms with Crippen LogP contribution < -0.4 is 21.7 Å². The lowest BCUT2D eigenvalue weighted by Crippen LogP contribution is -2.47. The molecular weight excluding hydrogens is 364 g/mol. The number of hydrogen-bond acceptors (Lipinski definition) is 3. The smallest absolute Gasteiger partial charge is 0.323 e. The summed E-state index contributed by atoms with van der Waals surface area (Å²) in [7, 11) is 0. The lowest BCUT2D eigenvalue weighted by Gasteiger charge is -2.29. The molecule has 148 valence electrons. The van der Waals surface area contributed by atoms with Crippen molar-refractivity contribution in [1.29, 1.82) is 0 Å². The van der Waals surface area contributed by atoms with E-state index in [0.717, 1.165) is 31.2 Å². The predicted molar refractivity (Wildman–Crippen MR) is 112 cm³/mol. The van der Waals surface area contributed by atoms with E-state index in [4.69, 9.17) is 5.73 Å². The zero-order valence-electron chi connectivity index (χ0n) is 16.1. The minimum absolute atomic E-state index is 0.0475. The van der Waals surface area contributed by atoms with E-state index in [1.54, 1.807) is 0 Å². The van der Waals surface area contributed by atoms with Crippen LogP contribution in [0.5, 0.6) is 0 Å². The van der Waals surface area contributed by atoms with E-state index < -0.39 is 11.9 Å². The highest BCUT2D eigenvalue weighted by Crippen LogP contribution is 2.33. The molecule has 1 aliphatic carbocycles. The van der Waals surface area contributed by atoms with E-state index in [9.17, 15) is 9.59 Å². The van der Waals surface area contributed by atoms with Gasteiger partial charge in [0.2, 0.25) is 0 Å². The SMILES string of the molecule is C=C1NC(=O)NC(C(=O)N[C@@H]2CCCc3c(Cc4ccccc4)cccc32)=C1N. The third-order valence-electron chi connectivity index (χ3n) is 5.47. The fraction of sp³-hybridized carbons (Fsp3) is 0.217. The monoisotopic (exact) mass is 388 g/mol. The Morgan fingerprint density at radius 3 is 2.72 bits per heavy atom. The fourth-order valence-corrected chi connectivity index (χ4v) is 4.03. The van der Waals surface area contributed by atoms with Gasteiger partial charge in [0, 0.05) is 0 Å². The quantitative estimate of drug-likeness (QED) is 0.648. The zero-order valence-corrected chi connectivity index (χ0v) is 16.1. The molecule has 0 saturated heterocycles. The van der Waals surface area contributed by atoms with Gasteiger partial charge < -0.3 is 21.7 Å². The highest BCUT2D eigenvalue weighted by Gasteiger charge is 2.28. The summed E-state index contributed by atoms with van der Waals surface area (Å²) in [4.78, 5) is 24.5. The van der Waals surface area contributed by atoms with Gasteiger partial charge in [-0.25, -0.2) is 4.79 Å². The van der Waals surface area contributed by atoms with Crippen molar-refractivity contribution in [2.45, 2.75) is 31.7 Å². The van der Waals surface area contributed by atoms with Crippen molar-refractivity contribution in [3.05, 3.63) is 94.5 Å². The minimum atomic E-state index is -0.511. The Bertz CT molecular complexity index is 1010. The molecule has 2 aromatic carbocycles. The molecule has 1 aliphatic heterocycles. The van der Waals surface area contributed by atoms with Gasteiger partial charge in [-0.05, 0) is 47.9 Å². The van der Waals surface area contributed by atoms with Gasteiger partial charge in [-0.15, -0.1) is 0 Å². The number of nitrogens with two attached hydrogens (primary N) is 1. The van der Waals surface area contributed by atoms with E-state index in [2.05, 4.69) is 46.8 Å². The number of benzene rings is 2. The molecule has 2 aromatic rings. The summed E-state index contributed by atoms with van der Waals surface area (Å²) in [6.07, 6.45) is 3.68. The second-order valence-electron chi connectivity index (χ2n) is 7.41. The van der Waals surface area contributed by atoms with Crippen molar-refractivity contribution in [1.82, 2.24) is 16.0 Å². The van der Waals surface area contributed by atoms with Gasteiger partial charge in [0.1, 0.15) is 5.70 Å². The molecule has 0 bridgehead atoms. The molecule has 6 heteroatoms. The lowest BCUT2D eigenvalue weighted by atomic mass is 9.83. The summed E-state index contributed by atoms with van der Waals surface area (Å²) in [5, 5.41) is 7.99. The van der Waals surface area contributed by atoms with Crippen molar-refractivity contribution >= 4 is 11.9 Å². The average Bonchev–Trinajstić information content (AvgIpc) is 2.72. The molecule has 0 unspecified atom stereocenters. The number of carbonyl (C=O) groups is 2. The van der Waals surface area contributed by atoms with Gasteiger partial charge >= 0.3 is 6.03 Å². The zero-order chi connectivity index (χ0) is 20.4. The molecular formula is C23H24N4O2. The Morgan fingerprint density at radius 2 is 1.93 bits per heavy atom. The number of amides is 3. The summed E-state index contributed by atoms with van der Waals surface area (Å²) < 4.78 is 0. The summed E-state index contributed by atoms with van der Waals surface area (Å²) in [6, 6.07) is 16.0. The number of carbonyl (C=O) groups excluding carboxylic acids is 2. The van der Waals surface area contributed by atoms with E-state index in [1.165, 1.54) is 16.7 Å². The molecule has 1 heterocycles. The first-order valence-electron chi connectivity index (χ1n) is 9.75. The second-order valence-corrected chi connectivity index (χ2v) is 7.41. The normalized spacial score (nSPS) is 18.6. The second kappa shape index (κ2) is 7.83. The van der Waals surface area contributed by atoms with Crippen LogP contribution in [-0.2, 0) is 17.6 Å². The van der Waals surface area contributed by atoms with Crippen molar-refractivity contribution < 1.29 is 9.59 Å². The molecule has 29 heavy (non-hydrogen) atoms. The molecule has 6 nitrogen and oxygen atoms in total. The van der Waals surface area contributed by atoms with Crippen LogP contribution in [0.4, 0.5) is 4.79 Å². The van der Waals surface area contributed by atoms with Gasteiger partial charge in [-0.2, -0.15) is 0 Å². The molecule has 0 spiro atoms. The van der Waals surface area contributed by atoms with E-state index in [1.807, 2.05) is 24.3 Å². The molecule has 0 aromatic heterocycles. The number of fused-ring (bicyclic) bond motifs is 1. The molecule has 1 atom stereocenters. The number of nitrogens with one attached hydrogen (secondary N) is 3. The molecule has 4 rings (SSSR count). The van der Waals surface area contributed by atoms with E-state index >= 15 is 0 Å². The standard InChI is InChI=1S/C23H24N4O2/c1-14-20(24)21(27-23(29)25-14)22(28)26-19-12-6-10-17-16(9-5-11-18(17)19)13-15-7-3-2-4-8-15/h2-5,7-9,11,19H,1,6,10,12-13,24H2,(H,26,28)(H2,25,27,29)/t19-/m1/s1. The number of urea groups is 1. The third kappa shape index (κ3) is 3.87. The van der Waals surface area contributed by atoms with Crippen LogP contribution in [-0.4, -0.2) is 11.9 Å². The average molecular weight is 388 g/mol. The maximum absolute atomic E-state index is 12.8. The van der Waals surface area contributed by atoms with Crippen molar-refractivity contribution in [2.75, 3.05) is 0 Å². The molecule has 0 saturated carbocycles. The Hall–Kier alpha value is -3.54. The van der Waals surface area contributed by atoms with Crippen molar-refractivity contribution in [2.24, 2.45) is 5.73 Å². The van der Waals surface area contributed by atoms with Gasteiger partial charge in [0.15, 0.2) is 0 Å². The lowest BCUT2D eigenvalue weighted by molar-refractivity contribution is -0.118. The van der Waals surface area contributed by atoms with Crippen LogP contribution in [0.15, 0.2) is 72.2 Å². The van der Waals surface area contributed by atoms with Gasteiger partial charge in [-0.3, -0.25) is 4.79 Å². The first kappa shape index (κ1) is 18.8. The maximum Gasteiger partial charge on any atom is 0.323 e. The van der Waals surface area contributed by atoms with Crippen LogP contribution in [0.1, 0.15) is 41.1 Å². The summed E-state index contributed by atoms with van der Waals surface area (Å²) in [5.74, 6) is -0.398.